The molecule has 9 aliphatic rings. The van der Waals surface area contributed by atoms with Crippen molar-refractivity contribution < 1.29 is 19.5 Å². The van der Waals surface area contributed by atoms with Gasteiger partial charge in [0.25, 0.3) is 0 Å². The summed E-state index contributed by atoms with van der Waals surface area (Å²) in [5.41, 5.74) is 3.58. The summed E-state index contributed by atoms with van der Waals surface area (Å²) in [5.74, 6) is 2.57. The number of hydrogen-bond acceptors (Lipinski definition) is 4. The Hall–Kier alpha value is -2.63. The second kappa shape index (κ2) is 10.4. The van der Waals surface area contributed by atoms with Gasteiger partial charge in [-0.3, -0.25) is 14.4 Å². The maximum atomic E-state index is 14.0. The number of allylic oxidation sites excluding steroid dienone is 7. The maximum Gasteiger partial charge on any atom is 0.225 e. The van der Waals surface area contributed by atoms with Gasteiger partial charge in [-0.15, -0.1) is 0 Å². The number of carbonyl (C=O) groups is 3. The summed E-state index contributed by atoms with van der Waals surface area (Å²) >= 11 is 0. The summed E-state index contributed by atoms with van der Waals surface area (Å²) < 4.78 is 0. The van der Waals surface area contributed by atoms with Gasteiger partial charge in [0.1, 0.15) is 0 Å². The molecule has 6 atom stereocenters. The van der Waals surface area contributed by atoms with Crippen LogP contribution in [0.2, 0.25) is 0 Å². The lowest BCUT2D eigenvalue weighted by Crippen LogP contribution is -2.62. The predicted octanol–water partition coefficient (Wildman–Crippen LogP) is 8.20. The molecule has 0 unspecified atom stereocenters. The Morgan fingerprint density at radius 1 is 0.854 bits per heavy atom. The molecule has 7 fully saturated rings. The molecule has 9 aliphatic carbocycles. The van der Waals surface area contributed by atoms with Crippen LogP contribution in [0.5, 0.6) is 0 Å². The molecule has 3 N–H and O–H groups in total. The molecule has 0 aromatic rings. The van der Waals surface area contributed by atoms with E-state index in [1.54, 1.807) is 6.08 Å². The van der Waals surface area contributed by atoms with Crippen molar-refractivity contribution in [2.75, 3.05) is 6.54 Å². The number of nitrogens with one attached hydrogen (secondary N) is 2. The molecule has 0 aromatic heterocycles. The van der Waals surface area contributed by atoms with Crippen molar-refractivity contribution in [1.82, 2.24) is 10.6 Å². The van der Waals surface area contributed by atoms with E-state index in [-0.39, 0.29) is 50.6 Å². The van der Waals surface area contributed by atoms with E-state index in [0.717, 1.165) is 93.1 Å². The summed E-state index contributed by atoms with van der Waals surface area (Å²) in [6.45, 7) is 14.2. The van der Waals surface area contributed by atoms with Crippen molar-refractivity contribution in [2.24, 2.45) is 50.7 Å². The number of ketones is 1. The van der Waals surface area contributed by atoms with Gasteiger partial charge in [0.15, 0.2) is 5.76 Å². The fraction of sp³-hybridized carbons (Fsp3) is 0.738. The summed E-state index contributed by atoms with van der Waals surface area (Å²) in [7, 11) is 0. The number of rotatable bonds is 5. The molecule has 0 aromatic carbocycles. The molecule has 6 nitrogen and oxygen atoms in total. The molecular formula is C42H58N2O4. The molecule has 0 heterocycles. The quantitative estimate of drug-likeness (QED) is 0.279. The van der Waals surface area contributed by atoms with E-state index in [1.165, 1.54) is 24.8 Å². The lowest BCUT2D eigenvalue weighted by molar-refractivity contribution is -0.169. The highest BCUT2D eigenvalue weighted by molar-refractivity contribution is 6.06. The van der Waals surface area contributed by atoms with Crippen molar-refractivity contribution in [3.05, 3.63) is 46.3 Å². The zero-order chi connectivity index (χ0) is 34.1. The Morgan fingerprint density at radius 2 is 1.50 bits per heavy atom. The lowest BCUT2D eigenvalue weighted by Gasteiger charge is -2.70. The SMILES string of the molecule is CC1=C(O)C(=O)C=C2C1=CC=C1[C@@]2(C)CC[C@@]2(C)[C@@H]3C[C@](C)(C(=O)NCCC(=O)NC45CC6CC(CC(C6)C4)C5)CC[C@]3(C)CC[C@]12C. The smallest absolute Gasteiger partial charge is 0.225 e. The lowest BCUT2D eigenvalue weighted by atomic mass is 9.34. The molecule has 0 saturated heterocycles. The molecule has 48 heavy (non-hydrogen) atoms. The van der Waals surface area contributed by atoms with Crippen LogP contribution in [0.4, 0.5) is 0 Å². The molecular weight excluding hydrogens is 596 g/mol. The van der Waals surface area contributed by atoms with E-state index in [1.807, 2.05) is 6.92 Å². The molecule has 2 amide bonds. The predicted molar refractivity (Wildman–Crippen MR) is 188 cm³/mol. The number of amides is 2. The monoisotopic (exact) mass is 654 g/mol. The molecule has 0 aliphatic heterocycles. The van der Waals surface area contributed by atoms with Crippen LogP contribution in [0.3, 0.4) is 0 Å². The third-order valence-corrected chi connectivity index (χ3v) is 16.5. The van der Waals surface area contributed by atoms with Crippen LogP contribution in [0, 0.1) is 50.7 Å². The van der Waals surface area contributed by atoms with Crippen LogP contribution in [-0.4, -0.2) is 34.8 Å². The number of carbonyl (C=O) groups excluding carboxylic acids is 3. The Morgan fingerprint density at radius 3 is 2.17 bits per heavy atom. The van der Waals surface area contributed by atoms with E-state index >= 15 is 0 Å². The largest absolute Gasteiger partial charge is 0.504 e. The molecule has 6 heteroatoms. The van der Waals surface area contributed by atoms with Crippen LogP contribution in [0.25, 0.3) is 0 Å². The topological polar surface area (TPSA) is 95.5 Å². The maximum absolute atomic E-state index is 14.0. The fourth-order valence-electron chi connectivity index (χ4n) is 13.8. The zero-order valence-electron chi connectivity index (χ0n) is 30.3. The third-order valence-electron chi connectivity index (χ3n) is 16.5. The number of aliphatic hydroxyl groups is 1. The van der Waals surface area contributed by atoms with Gasteiger partial charge >= 0.3 is 0 Å². The van der Waals surface area contributed by atoms with Crippen LogP contribution < -0.4 is 10.6 Å². The highest BCUT2D eigenvalue weighted by atomic mass is 16.3. The first-order chi connectivity index (χ1) is 22.5. The second-order valence-electron chi connectivity index (χ2n) is 19.4. The van der Waals surface area contributed by atoms with Gasteiger partial charge < -0.3 is 15.7 Å². The summed E-state index contributed by atoms with van der Waals surface area (Å²) in [5, 5.41) is 17.2. The van der Waals surface area contributed by atoms with Gasteiger partial charge in [0.2, 0.25) is 17.6 Å². The van der Waals surface area contributed by atoms with Crippen molar-refractivity contribution >= 4 is 17.6 Å². The molecule has 0 radical (unpaired) electrons. The first kappa shape index (κ1) is 32.6. The first-order valence-corrected chi connectivity index (χ1v) is 19.2. The van der Waals surface area contributed by atoms with Gasteiger partial charge in [0, 0.05) is 34.9 Å². The van der Waals surface area contributed by atoms with Crippen LogP contribution in [0.15, 0.2) is 46.3 Å². The van der Waals surface area contributed by atoms with Gasteiger partial charge in [-0.25, -0.2) is 0 Å². The van der Waals surface area contributed by atoms with E-state index < -0.39 is 5.41 Å². The molecule has 0 spiro atoms. The standard InChI is InChI=1S/C42H58N2O4/c1-25-29-7-8-32-39(4,30(29)20-31(45)35(25)47)13-15-41(6)33-24-38(3,11-10-37(33,2)12-14-40(32,41)5)36(48)43-16-9-34(46)44-42-21-26-17-27(22-42)19-28(18-26)23-42/h7-8,20,26-28,33,47H,9-19,21-24H2,1-6H3,(H,43,48)(H,44,46)/t26?,27?,28?,33-,37-,38-,39+,40-,41+,42?/m1/s1. The molecule has 4 bridgehead atoms. The number of aliphatic hydroxyl groups excluding tert-OH is 1. The van der Waals surface area contributed by atoms with Gasteiger partial charge in [-0.05, 0) is 148 Å². The minimum absolute atomic E-state index is 0.00263. The van der Waals surface area contributed by atoms with Gasteiger partial charge in [-0.2, -0.15) is 0 Å². The van der Waals surface area contributed by atoms with Crippen molar-refractivity contribution in [3.8, 4) is 0 Å². The molecule has 7 saturated carbocycles. The third kappa shape index (κ3) is 4.51. The van der Waals surface area contributed by atoms with Crippen LogP contribution in [0.1, 0.15) is 131 Å². The second-order valence-corrected chi connectivity index (χ2v) is 19.4. The Bertz CT molecular complexity index is 1580. The molecule has 9 rings (SSSR count). The number of hydrogen-bond donors (Lipinski definition) is 3. The van der Waals surface area contributed by atoms with Crippen molar-refractivity contribution in [3.63, 3.8) is 0 Å². The van der Waals surface area contributed by atoms with E-state index in [0.29, 0.717) is 24.5 Å². The average molecular weight is 655 g/mol. The van der Waals surface area contributed by atoms with Gasteiger partial charge in [-0.1, -0.05) is 52.3 Å². The summed E-state index contributed by atoms with van der Waals surface area (Å²) in [4.78, 5) is 40.1. The van der Waals surface area contributed by atoms with Crippen LogP contribution >= 0.6 is 0 Å². The van der Waals surface area contributed by atoms with Crippen molar-refractivity contribution in [1.29, 1.82) is 0 Å². The summed E-state index contributed by atoms with van der Waals surface area (Å²) in [6.07, 6.45) is 21.1. The Balaban J connectivity index is 0.978. The highest BCUT2D eigenvalue weighted by Crippen LogP contribution is 2.75. The Labute approximate surface area is 287 Å². The normalized spacial score (nSPS) is 47.1. The van der Waals surface area contributed by atoms with Crippen LogP contribution in [-0.2, 0) is 14.4 Å². The zero-order valence-corrected chi connectivity index (χ0v) is 30.3. The summed E-state index contributed by atoms with van der Waals surface area (Å²) in [6, 6.07) is 0. The Kier molecular flexibility index (Phi) is 7.09. The van der Waals surface area contributed by atoms with Crippen molar-refractivity contribution in [2.45, 2.75) is 137 Å². The number of fused-ring (bicyclic) bond motifs is 7. The van der Waals surface area contributed by atoms with E-state index in [9.17, 15) is 19.5 Å². The minimum Gasteiger partial charge on any atom is -0.504 e. The van der Waals surface area contributed by atoms with E-state index in [2.05, 4.69) is 57.4 Å². The fourth-order valence-corrected chi connectivity index (χ4v) is 13.8. The average Bonchev–Trinajstić information content (AvgIpc) is 3.01. The van der Waals surface area contributed by atoms with Gasteiger partial charge in [0.05, 0.1) is 0 Å². The first-order valence-electron chi connectivity index (χ1n) is 19.2. The highest BCUT2D eigenvalue weighted by Gasteiger charge is 2.67. The molecule has 260 valence electrons. The van der Waals surface area contributed by atoms with E-state index in [4.69, 9.17) is 0 Å². The minimum atomic E-state index is -0.464.